The molecule has 0 fully saturated rings. The summed E-state index contributed by atoms with van der Waals surface area (Å²) in [5.74, 6) is -0.0233. The molecule has 0 aliphatic carbocycles. The van der Waals surface area contributed by atoms with Crippen molar-refractivity contribution in [2.45, 2.75) is 13.3 Å². The molecule has 2 aromatic heterocycles. The molecule has 7 heteroatoms. The lowest BCUT2D eigenvalue weighted by molar-refractivity contribution is -0.133. The number of ether oxygens (including phenoxy) is 1. The molecule has 0 unspecified atom stereocenters. The standard InChI is InChI=1S/C20H12Br2ClNO3/c1-10-5-17-13(7-16(10)23)11(9-26-17)6-18(25)27-20-15(22)8-14(21)12-3-2-4-24-19(12)20/h2-5,7-9H,6H2,1H3. The molecule has 0 aliphatic heterocycles. The molecule has 0 saturated heterocycles. The number of pyridine rings is 1. The van der Waals surface area contributed by atoms with E-state index in [2.05, 4.69) is 36.8 Å². The third kappa shape index (κ3) is 3.49. The molecule has 0 radical (unpaired) electrons. The van der Waals surface area contributed by atoms with E-state index in [1.54, 1.807) is 12.5 Å². The third-order valence-electron chi connectivity index (χ3n) is 4.24. The van der Waals surface area contributed by atoms with Crippen LogP contribution in [0.15, 0.2) is 56.2 Å². The molecule has 0 N–H and O–H groups in total. The van der Waals surface area contributed by atoms with Crippen LogP contribution < -0.4 is 4.74 Å². The van der Waals surface area contributed by atoms with Crippen LogP contribution in [0.2, 0.25) is 5.02 Å². The van der Waals surface area contributed by atoms with Crippen molar-refractivity contribution < 1.29 is 13.9 Å². The van der Waals surface area contributed by atoms with Gasteiger partial charge in [-0.3, -0.25) is 9.78 Å². The molecule has 0 bridgehead atoms. The van der Waals surface area contributed by atoms with Crippen LogP contribution in [0.5, 0.6) is 5.75 Å². The van der Waals surface area contributed by atoms with Crippen LogP contribution in [-0.4, -0.2) is 11.0 Å². The van der Waals surface area contributed by atoms with Crippen LogP contribution in [0.4, 0.5) is 0 Å². The number of aryl methyl sites for hydroxylation is 1. The molecule has 136 valence electrons. The van der Waals surface area contributed by atoms with E-state index in [-0.39, 0.29) is 6.42 Å². The maximum atomic E-state index is 12.6. The van der Waals surface area contributed by atoms with Gasteiger partial charge in [0, 0.05) is 32.0 Å². The maximum Gasteiger partial charge on any atom is 0.315 e. The van der Waals surface area contributed by atoms with Gasteiger partial charge in [0.1, 0.15) is 11.1 Å². The Bertz CT molecular complexity index is 1200. The van der Waals surface area contributed by atoms with Crippen molar-refractivity contribution in [3.63, 3.8) is 0 Å². The first-order chi connectivity index (χ1) is 12.9. The minimum Gasteiger partial charge on any atom is -0.464 e. The zero-order chi connectivity index (χ0) is 19.1. The number of nitrogens with zero attached hydrogens (tertiary/aromatic N) is 1. The highest BCUT2D eigenvalue weighted by Gasteiger charge is 2.18. The predicted octanol–water partition coefficient (Wildman–Crippen LogP) is 6.62. The van der Waals surface area contributed by atoms with E-state index in [0.29, 0.717) is 26.3 Å². The summed E-state index contributed by atoms with van der Waals surface area (Å²) in [4.78, 5) is 16.9. The Morgan fingerprint density at radius 3 is 2.85 bits per heavy atom. The van der Waals surface area contributed by atoms with Gasteiger partial charge >= 0.3 is 5.97 Å². The van der Waals surface area contributed by atoms with E-state index < -0.39 is 5.97 Å². The second kappa shape index (κ2) is 7.26. The van der Waals surface area contributed by atoms with Crippen LogP contribution in [0.25, 0.3) is 21.9 Å². The normalized spacial score (nSPS) is 11.3. The van der Waals surface area contributed by atoms with Crippen molar-refractivity contribution in [2.75, 3.05) is 0 Å². The van der Waals surface area contributed by atoms with Crippen LogP contribution in [-0.2, 0) is 11.2 Å². The highest BCUT2D eigenvalue weighted by molar-refractivity contribution is 9.11. The fourth-order valence-electron chi connectivity index (χ4n) is 2.89. The van der Waals surface area contributed by atoms with E-state index >= 15 is 0 Å². The number of benzene rings is 2. The maximum absolute atomic E-state index is 12.6. The summed E-state index contributed by atoms with van der Waals surface area (Å²) in [5, 5.41) is 2.30. The minimum absolute atomic E-state index is 0.0588. The van der Waals surface area contributed by atoms with Crippen LogP contribution in [0.1, 0.15) is 11.1 Å². The number of hydrogen-bond donors (Lipinski definition) is 0. The molecule has 2 heterocycles. The van der Waals surface area contributed by atoms with Crippen molar-refractivity contribution in [3.8, 4) is 5.75 Å². The summed E-state index contributed by atoms with van der Waals surface area (Å²) in [6.07, 6.45) is 3.28. The number of hydrogen-bond acceptors (Lipinski definition) is 4. The first-order valence-corrected chi connectivity index (χ1v) is 10.00. The van der Waals surface area contributed by atoms with Gasteiger partial charge in [0.05, 0.1) is 17.2 Å². The van der Waals surface area contributed by atoms with Crippen molar-refractivity contribution in [3.05, 3.63) is 67.9 Å². The van der Waals surface area contributed by atoms with E-state index in [1.165, 1.54) is 0 Å². The molecular formula is C20H12Br2ClNO3. The van der Waals surface area contributed by atoms with Crippen molar-refractivity contribution in [1.82, 2.24) is 4.98 Å². The Kier molecular flexibility index (Phi) is 4.97. The van der Waals surface area contributed by atoms with Crippen molar-refractivity contribution >= 4 is 71.3 Å². The SMILES string of the molecule is Cc1cc2occ(CC(=O)Oc3c(Br)cc(Br)c4cccnc34)c2cc1Cl. The van der Waals surface area contributed by atoms with E-state index in [1.807, 2.05) is 37.3 Å². The van der Waals surface area contributed by atoms with Crippen molar-refractivity contribution in [1.29, 1.82) is 0 Å². The smallest absolute Gasteiger partial charge is 0.315 e. The molecule has 0 spiro atoms. The van der Waals surface area contributed by atoms with E-state index in [4.69, 9.17) is 20.8 Å². The molecule has 0 saturated carbocycles. The van der Waals surface area contributed by atoms with Gasteiger partial charge in [-0.05, 0) is 52.7 Å². The van der Waals surface area contributed by atoms with E-state index in [0.717, 1.165) is 26.4 Å². The minimum atomic E-state index is -0.413. The number of carbonyl (C=O) groups excluding carboxylic acids is 1. The predicted molar refractivity (Wildman–Crippen MR) is 112 cm³/mol. The Labute approximate surface area is 176 Å². The summed E-state index contributed by atoms with van der Waals surface area (Å²) in [7, 11) is 0. The van der Waals surface area contributed by atoms with Gasteiger partial charge in [-0.15, -0.1) is 0 Å². The Morgan fingerprint density at radius 2 is 2.04 bits per heavy atom. The molecule has 0 atom stereocenters. The number of furan rings is 1. The van der Waals surface area contributed by atoms with Crippen LogP contribution in [0, 0.1) is 6.92 Å². The van der Waals surface area contributed by atoms with E-state index in [9.17, 15) is 4.79 Å². The summed E-state index contributed by atoms with van der Waals surface area (Å²) < 4.78 is 12.7. The van der Waals surface area contributed by atoms with Crippen LogP contribution in [0.3, 0.4) is 0 Å². The van der Waals surface area contributed by atoms with Crippen LogP contribution >= 0.6 is 43.5 Å². The van der Waals surface area contributed by atoms with Gasteiger partial charge in [-0.2, -0.15) is 0 Å². The van der Waals surface area contributed by atoms with Gasteiger partial charge in [0.25, 0.3) is 0 Å². The topological polar surface area (TPSA) is 52.3 Å². The molecule has 2 aromatic carbocycles. The number of fused-ring (bicyclic) bond motifs is 2. The number of aromatic nitrogens is 1. The molecule has 0 amide bonds. The zero-order valence-electron chi connectivity index (χ0n) is 14.1. The fourth-order valence-corrected chi connectivity index (χ4v) is 4.40. The fraction of sp³-hybridized carbons (Fsp3) is 0.100. The summed E-state index contributed by atoms with van der Waals surface area (Å²) in [5.41, 5.74) is 2.94. The Morgan fingerprint density at radius 1 is 1.22 bits per heavy atom. The van der Waals surface area contributed by atoms with Crippen molar-refractivity contribution in [2.24, 2.45) is 0 Å². The Hall–Kier alpha value is -1.89. The largest absolute Gasteiger partial charge is 0.464 e. The quantitative estimate of drug-likeness (QED) is 0.230. The number of esters is 1. The highest BCUT2D eigenvalue weighted by Crippen LogP contribution is 2.37. The summed E-state index contributed by atoms with van der Waals surface area (Å²) in [6, 6.07) is 9.24. The molecule has 4 aromatic rings. The first-order valence-electron chi connectivity index (χ1n) is 8.03. The lowest BCUT2D eigenvalue weighted by Gasteiger charge is -2.10. The number of halogens is 3. The lowest BCUT2D eigenvalue weighted by Crippen LogP contribution is -2.12. The molecular weight excluding hydrogens is 497 g/mol. The molecule has 4 rings (SSSR count). The molecule has 0 aliphatic rings. The third-order valence-corrected chi connectivity index (χ3v) is 5.89. The average molecular weight is 510 g/mol. The van der Waals surface area contributed by atoms with Gasteiger partial charge in [0.2, 0.25) is 0 Å². The van der Waals surface area contributed by atoms with Gasteiger partial charge in [-0.25, -0.2) is 0 Å². The lowest BCUT2D eigenvalue weighted by atomic mass is 10.1. The Balaban J connectivity index is 1.66. The first kappa shape index (κ1) is 18.5. The molecule has 4 nitrogen and oxygen atoms in total. The zero-order valence-corrected chi connectivity index (χ0v) is 18.0. The number of carbonyl (C=O) groups is 1. The monoisotopic (exact) mass is 507 g/mol. The van der Waals surface area contributed by atoms with Gasteiger partial charge < -0.3 is 9.15 Å². The van der Waals surface area contributed by atoms with Gasteiger partial charge in [0.15, 0.2) is 5.75 Å². The second-order valence-electron chi connectivity index (χ2n) is 6.08. The van der Waals surface area contributed by atoms with Gasteiger partial charge in [-0.1, -0.05) is 33.6 Å². The molecule has 27 heavy (non-hydrogen) atoms. The highest BCUT2D eigenvalue weighted by atomic mass is 79.9. The second-order valence-corrected chi connectivity index (χ2v) is 8.19. The summed E-state index contributed by atoms with van der Waals surface area (Å²) >= 11 is 13.2. The summed E-state index contributed by atoms with van der Waals surface area (Å²) in [6.45, 7) is 1.90. The number of rotatable bonds is 3. The average Bonchev–Trinajstić information content (AvgIpc) is 3.00.